The highest BCUT2D eigenvalue weighted by Crippen LogP contribution is 2.27. The van der Waals surface area contributed by atoms with Crippen molar-refractivity contribution < 1.29 is 9.52 Å². The van der Waals surface area contributed by atoms with Gasteiger partial charge in [-0.1, -0.05) is 18.2 Å². The summed E-state index contributed by atoms with van der Waals surface area (Å²) in [5.74, 6) is 0.980. The van der Waals surface area contributed by atoms with Gasteiger partial charge in [-0.2, -0.15) is 5.26 Å². The monoisotopic (exact) mass is 332 g/mol. The van der Waals surface area contributed by atoms with Gasteiger partial charge >= 0.3 is 0 Å². The van der Waals surface area contributed by atoms with Crippen LogP contribution in [0.2, 0.25) is 0 Å². The third-order valence-electron chi connectivity index (χ3n) is 4.84. The molecule has 4 heteroatoms. The quantitative estimate of drug-likeness (QED) is 0.793. The van der Waals surface area contributed by atoms with E-state index in [0.717, 1.165) is 60.3 Å². The van der Waals surface area contributed by atoms with Gasteiger partial charge in [0.05, 0.1) is 17.7 Å². The van der Waals surface area contributed by atoms with Crippen LogP contribution in [0.15, 0.2) is 52.9 Å². The van der Waals surface area contributed by atoms with Crippen LogP contribution in [0.1, 0.15) is 17.7 Å². The van der Waals surface area contributed by atoms with Crippen molar-refractivity contribution in [1.82, 2.24) is 4.90 Å². The highest BCUT2D eigenvalue weighted by Gasteiger charge is 2.20. The summed E-state index contributed by atoms with van der Waals surface area (Å²) in [6, 6.07) is 18.1. The molecule has 1 N–H and O–H groups in total. The Labute approximate surface area is 146 Å². The van der Waals surface area contributed by atoms with Gasteiger partial charge in [-0.25, -0.2) is 0 Å². The Bertz CT molecular complexity index is 921. The van der Waals surface area contributed by atoms with Gasteiger partial charge in [0.1, 0.15) is 11.3 Å². The Hall–Kier alpha value is -2.61. The maximum atomic E-state index is 9.60. The first-order valence-corrected chi connectivity index (χ1v) is 8.65. The molecule has 1 atom stereocenters. The van der Waals surface area contributed by atoms with Gasteiger partial charge in [-0.3, -0.25) is 0 Å². The number of hydrogen-bond donors (Lipinski definition) is 1. The van der Waals surface area contributed by atoms with E-state index in [1.54, 1.807) is 0 Å². The van der Waals surface area contributed by atoms with Crippen molar-refractivity contribution in [2.75, 3.05) is 19.6 Å². The maximum Gasteiger partial charge on any atom is 0.134 e. The zero-order valence-corrected chi connectivity index (χ0v) is 14.0. The molecule has 0 unspecified atom stereocenters. The average molecular weight is 332 g/mol. The summed E-state index contributed by atoms with van der Waals surface area (Å²) in [6.45, 7) is 2.65. The molecule has 2 aromatic carbocycles. The van der Waals surface area contributed by atoms with Gasteiger partial charge in [0.15, 0.2) is 0 Å². The van der Waals surface area contributed by atoms with Crippen molar-refractivity contribution in [2.45, 2.75) is 18.9 Å². The third kappa shape index (κ3) is 3.43. The SMILES string of the molecule is N#Cc1ccc(-c2ccc3oc(CCN4CC[C@@H](O)C4)cc3c2)cc1. The van der Waals surface area contributed by atoms with E-state index in [2.05, 4.69) is 23.1 Å². The topological polar surface area (TPSA) is 60.4 Å². The fourth-order valence-corrected chi connectivity index (χ4v) is 3.42. The first kappa shape index (κ1) is 15.9. The number of β-amino-alcohol motifs (C(OH)–C–C–N with tert-alkyl or cyclic N) is 1. The fourth-order valence-electron chi connectivity index (χ4n) is 3.42. The van der Waals surface area contributed by atoms with Crippen LogP contribution >= 0.6 is 0 Å². The molecular formula is C21H20N2O2. The molecule has 25 heavy (non-hydrogen) atoms. The molecule has 126 valence electrons. The molecule has 0 aliphatic carbocycles. The lowest BCUT2D eigenvalue weighted by Gasteiger charge is -2.13. The molecule has 1 aliphatic rings. The zero-order chi connectivity index (χ0) is 17.2. The molecule has 0 saturated carbocycles. The molecule has 0 radical (unpaired) electrons. The highest BCUT2D eigenvalue weighted by atomic mass is 16.3. The van der Waals surface area contributed by atoms with Crippen molar-refractivity contribution in [3.63, 3.8) is 0 Å². The van der Waals surface area contributed by atoms with E-state index < -0.39 is 0 Å². The molecule has 0 bridgehead atoms. The minimum atomic E-state index is -0.175. The second-order valence-electron chi connectivity index (χ2n) is 6.65. The Balaban J connectivity index is 1.51. The van der Waals surface area contributed by atoms with Crippen LogP contribution in [-0.2, 0) is 6.42 Å². The van der Waals surface area contributed by atoms with Crippen molar-refractivity contribution in [2.24, 2.45) is 0 Å². The van der Waals surface area contributed by atoms with Gasteiger partial charge in [0, 0.05) is 31.4 Å². The minimum absolute atomic E-state index is 0.175. The molecule has 4 nitrogen and oxygen atoms in total. The van der Waals surface area contributed by atoms with Gasteiger partial charge in [-0.05, 0) is 47.9 Å². The summed E-state index contributed by atoms with van der Waals surface area (Å²) in [7, 11) is 0. The van der Waals surface area contributed by atoms with Gasteiger partial charge in [0.2, 0.25) is 0 Å². The Morgan fingerprint density at radius 3 is 2.64 bits per heavy atom. The van der Waals surface area contributed by atoms with E-state index in [0.29, 0.717) is 5.56 Å². The van der Waals surface area contributed by atoms with E-state index in [1.807, 2.05) is 36.4 Å². The van der Waals surface area contributed by atoms with Crippen molar-refractivity contribution in [3.05, 3.63) is 59.9 Å². The van der Waals surface area contributed by atoms with Crippen LogP contribution < -0.4 is 0 Å². The van der Waals surface area contributed by atoms with E-state index in [-0.39, 0.29) is 6.10 Å². The Morgan fingerprint density at radius 1 is 1.12 bits per heavy atom. The number of likely N-dealkylation sites (tertiary alicyclic amines) is 1. The van der Waals surface area contributed by atoms with Crippen LogP contribution in [-0.4, -0.2) is 35.7 Å². The first-order valence-electron chi connectivity index (χ1n) is 8.65. The highest BCUT2D eigenvalue weighted by molar-refractivity contribution is 5.84. The molecule has 0 spiro atoms. The predicted molar refractivity (Wildman–Crippen MR) is 97.1 cm³/mol. The normalized spacial score (nSPS) is 17.8. The predicted octanol–water partition coefficient (Wildman–Crippen LogP) is 3.58. The largest absolute Gasteiger partial charge is 0.461 e. The van der Waals surface area contributed by atoms with E-state index >= 15 is 0 Å². The summed E-state index contributed by atoms with van der Waals surface area (Å²) in [5.41, 5.74) is 3.78. The number of nitriles is 1. The molecule has 1 aliphatic heterocycles. The van der Waals surface area contributed by atoms with Gasteiger partial charge < -0.3 is 14.4 Å². The summed E-state index contributed by atoms with van der Waals surface area (Å²) >= 11 is 0. The molecule has 0 amide bonds. The number of fused-ring (bicyclic) bond motifs is 1. The molecule has 1 fully saturated rings. The number of nitrogens with zero attached hydrogens (tertiary/aromatic N) is 2. The number of aliphatic hydroxyl groups is 1. The van der Waals surface area contributed by atoms with Crippen molar-refractivity contribution >= 4 is 11.0 Å². The minimum Gasteiger partial charge on any atom is -0.461 e. The molecule has 1 aromatic heterocycles. The molecule has 4 rings (SSSR count). The van der Waals surface area contributed by atoms with Crippen LogP contribution in [0.4, 0.5) is 0 Å². The maximum absolute atomic E-state index is 9.60. The van der Waals surface area contributed by atoms with Crippen molar-refractivity contribution in [1.29, 1.82) is 5.26 Å². The van der Waals surface area contributed by atoms with E-state index in [1.165, 1.54) is 0 Å². The Kier molecular flexibility index (Phi) is 4.27. The van der Waals surface area contributed by atoms with Gasteiger partial charge in [-0.15, -0.1) is 0 Å². The van der Waals surface area contributed by atoms with Crippen molar-refractivity contribution in [3.8, 4) is 17.2 Å². The second kappa shape index (κ2) is 6.72. The fraction of sp³-hybridized carbons (Fsp3) is 0.286. The molecule has 3 aromatic rings. The first-order chi connectivity index (χ1) is 12.2. The molecule has 1 saturated heterocycles. The lowest BCUT2D eigenvalue weighted by atomic mass is 10.0. The number of aliphatic hydroxyl groups excluding tert-OH is 1. The Morgan fingerprint density at radius 2 is 1.92 bits per heavy atom. The number of benzene rings is 2. The lowest BCUT2D eigenvalue weighted by molar-refractivity contribution is 0.176. The summed E-state index contributed by atoms with van der Waals surface area (Å²) < 4.78 is 5.95. The van der Waals surface area contributed by atoms with Crippen LogP contribution in [0.5, 0.6) is 0 Å². The summed E-state index contributed by atoms with van der Waals surface area (Å²) in [4.78, 5) is 2.28. The summed E-state index contributed by atoms with van der Waals surface area (Å²) in [6.07, 6.45) is 1.55. The third-order valence-corrected chi connectivity index (χ3v) is 4.84. The number of furan rings is 1. The summed E-state index contributed by atoms with van der Waals surface area (Å²) in [5, 5.41) is 19.6. The molecular weight excluding hydrogens is 312 g/mol. The zero-order valence-electron chi connectivity index (χ0n) is 14.0. The van der Waals surface area contributed by atoms with E-state index in [9.17, 15) is 5.11 Å². The smallest absolute Gasteiger partial charge is 0.134 e. The average Bonchev–Trinajstić information content (AvgIpc) is 3.24. The van der Waals surface area contributed by atoms with Gasteiger partial charge in [0.25, 0.3) is 0 Å². The number of hydrogen-bond acceptors (Lipinski definition) is 4. The standard InChI is InChI=1S/C21H20N2O2/c22-13-15-1-3-16(4-2-15)17-5-6-21-18(11-17)12-20(25-21)8-10-23-9-7-19(24)14-23/h1-6,11-12,19,24H,7-10,14H2/t19-/m1/s1. The van der Waals surface area contributed by atoms with Crippen LogP contribution in [0, 0.1) is 11.3 Å². The van der Waals surface area contributed by atoms with Crippen LogP contribution in [0.3, 0.4) is 0 Å². The number of rotatable bonds is 4. The van der Waals surface area contributed by atoms with Crippen LogP contribution in [0.25, 0.3) is 22.1 Å². The lowest BCUT2D eigenvalue weighted by Crippen LogP contribution is -2.24. The second-order valence-corrected chi connectivity index (χ2v) is 6.65. The van der Waals surface area contributed by atoms with E-state index in [4.69, 9.17) is 9.68 Å². The molecule has 2 heterocycles.